The van der Waals surface area contributed by atoms with Crippen LogP contribution in [0.15, 0.2) is 83.7 Å². The number of hydrogen-bond acceptors (Lipinski definition) is 4. The minimum absolute atomic E-state index is 0.174. The van der Waals surface area contributed by atoms with Crippen LogP contribution in [-0.2, 0) is 6.54 Å². The largest absolute Gasteiger partial charge is 0.457 e. The first-order chi connectivity index (χ1) is 14.1. The number of benzene rings is 3. The fourth-order valence-corrected chi connectivity index (χ4v) is 3.02. The van der Waals surface area contributed by atoms with Crippen molar-refractivity contribution in [1.29, 1.82) is 0 Å². The highest BCUT2D eigenvalue weighted by atomic mass is 16.5. The molecule has 0 spiro atoms. The number of fused-ring (bicyclic) bond motifs is 1. The van der Waals surface area contributed by atoms with Crippen molar-refractivity contribution in [2.75, 3.05) is 7.05 Å². The van der Waals surface area contributed by atoms with Crippen LogP contribution in [0, 0.1) is 0 Å². The summed E-state index contributed by atoms with van der Waals surface area (Å²) in [5, 5.41) is 0.527. The van der Waals surface area contributed by atoms with Crippen LogP contribution in [0.25, 0.3) is 10.9 Å². The summed E-state index contributed by atoms with van der Waals surface area (Å²) in [6, 6.07) is 23.5. The monoisotopic (exact) mass is 385 g/mol. The summed E-state index contributed by atoms with van der Waals surface area (Å²) >= 11 is 0. The van der Waals surface area contributed by atoms with Gasteiger partial charge in [0, 0.05) is 12.6 Å². The predicted octanol–water partition coefficient (Wildman–Crippen LogP) is 3.99. The van der Waals surface area contributed by atoms with Gasteiger partial charge in [0.2, 0.25) is 0 Å². The average molecular weight is 385 g/mol. The second-order valence-electron chi connectivity index (χ2n) is 6.63. The van der Waals surface area contributed by atoms with Crippen molar-refractivity contribution in [1.82, 2.24) is 14.9 Å². The molecular weight excluding hydrogens is 366 g/mol. The maximum Gasteiger partial charge on any atom is 0.258 e. The Morgan fingerprint density at radius 3 is 2.34 bits per heavy atom. The topological polar surface area (TPSA) is 75.3 Å². The molecule has 0 aliphatic carbocycles. The van der Waals surface area contributed by atoms with Gasteiger partial charge in [-0.1, -0.05) is 30.3 Å². The van der Waals surface area contributed by atoms with Gasteiger partial charge in [-0.25, -0.2) is 4.98 Å². The summed E-state index contributed by atoms with van der Waals surface area (Å²) < 4.78 is 5.75. The number of H-pyrrole nitrogens is 1. The molecule has 1 heterocycles. The Kier molecular flexibility index (Phi) is 5.07. The molecule has 1 N–H and O–H groups in total. The molecule has 3 aromatic carbocycles. The molecule has 0 fully saturated rings. The van der Waals surface area contributed by atoms with Gasteiger partial charge in [0.25, 0.3) is 11.5 Å². The molecular formula is C23H19N3O3. The van der Waals surface area contributed by atoms with Gasteiger partial charge in [0.05, 0.1) is 17.4 Å². The van der Waals surface area contributed by atoms with Crippen LogP contribution in [0.1, 0.15) is 16.2 Å². The lowest BCUT2D eigenvalue weighted by molar-refractivity contribution is 0.0781. The van der Waals surface area contributed by atoms with Gasteiger partial charge in [-0.2, -0.15) is 0 Å². The van der Waals surface area contributed by atoms with Crippen molar-refractivity contribution in [2.45, 2.75) is 6.54 Å². The first-order valence-corrected chi connectivity index (χ1v) is 9.16. The van der Waals surface area contributed by atoms with E-state index in [0.717, 1.165) is 5.75 Å². The standard InChI is InChI=1S/C23H19N3O3/c1-26(15-21-24-20-10-6-5-9-19(20)22(27)25-21)23(28)16-11-13-18(14-12-16)29-17-7-3-2-4-8-17/h2-14H,15H2,1H3,(H,24,25,27). The Balaban J connectivity index is 1.47. The number of rotatable bonds is 5. The van der Waals surface area contributed by atoms with E-state index in [1.165, 1.54) is 4.90 Å². The molecule has 0 atom stereocenters. The summed E-state index contributed by atoms with van der Waals surface area (Å²) in [6.07, 6.45) is 0. The zero-order valence-electron chi connectivity index (χ0n) is 15.8. The number of amides is 1. The molecule has 6 nitrogen and oxygen atoms in total. The second-order valence-corrected chi connectivity index (χ2v) is 6.63. The molecule has 0 radical (unpaired) electrons. The number of hydrogen-bond donors (Lipinski definition) is 1. The number of carbonyl (C=O) groups excluding carboxylic acids is 1. The SMILES string of the molecule is CN(Cc1nc2ccccc2c(=O)[nH]1)C(=O)c1ccc(Oc2ccccc2)cc1. The number of ether oxygens (including phenoxy) is 1. The van der Waals surface area contributed by atoms with Crippen LogP contribution >= 0.6 is 0 Å². The van der Waals surface area contributed by atoms with Gasteiger partial charge in [0.1, 0.15) is 17.3 Å². The molecule has 144 valence electrons. The highest BCUT2D eigenvalue weighted by Crippen LogP contribution is 2.21. The fraction of sp³-hybridized carbons (Fsp3) is 0.0870. The summed E-state index contributed by atoms with van der Waals surface area (Å²) in [6.45, 7) is 0.196. The Bertz CT molecular complexity index is 1200. The fourth-order valence-electron chi connectivity index (χ4n) is 3.02. The van der Waals surface area contributed by atoms with Crippen LogP contribution in [0.2, 0.25) is 0 Å². The minimum Gasteiger partial charge on any atom is -0.457 e. The molecule has 29 heavy (non-hydrogen) atoms. The molecule has 6 heteroatoms. The van der Waals surface area contributed by atoms with Crippen molar-refractivity contribution >= 4 is 16.8 Å². The third-order valence-corrected chi connectivity index (χ3v) is 4.48. The van der Waals surface area contributed by atoms with Crippen LogP contribution in [0.3, 0.4) is 0 Å². The quantitative estimate of drug-likeness (QED) is 0.564. The number of aromatic amines is 1. The summed E-state index contributed by atoms with van der Waals surface area (Å²) in [7, 11) is 1.67. The second kappa shape index (κ2) is 7.98. The summed E-state index contributed by atoms with van der Waals surface area (Å²) in [5.41, 5.74) is 0.916. The number of para-hydroxylation sites is 2. The summed E-state index contributed by atoms with van der Waals surface area (Å²) in [5.74, 6) is 1.65. The maximum absolute atomic E-state index is 12.7. The van der Waals surface area contributed by atoms with E-state index >= 15 is 0 Å². The van der Waals surface area contributed by atoms with E-state index in [9.17, 15) is 9.59 Å². The lowest BCUT2D eigenvalue weighted by Gasteiger charge is -2.17. The molecule has 0 bridgehead atoms. The molecule has 4 rings (SSSR count). The maximum atomic E-state index is 12.7. The van der Waals surface area contributed by atoms with E-state index in [0.29, 0.717) is 28.0 Å². The molecule has 1 amide bonds. The zero-order chi connectivity index (χ0) is 20.2. The highest BCUT2D eigenvalue weighted by Gasteiger charge is 2.14. The first kappa shape index (κ1) is 18.4. The van der Waals surface area contributed by atoms with E-state index in [1.807, 2.05) is 36.4 Å². The van der Waals surface area contributed by atoms with Crippen molar-refractivity contribution in [2.24, 2.45) is 0 Å². The first-order valence-electron chi connectivity index (χ1n) is 9.16. The number of nitrogens with one attached hydrogen (secondary N) is 1. The van der Waals surface area contributed by atoms with E-state index in [-0.39, 0.29) is 18.0 Å². The Labute approximate surface area is 167 Å². The number of nitrogens with zero attached hydrogens (tertiary/aromatic N) is 2. The van der Waals surface area contributed by atoms with Crippen molar-refractivity contribution in [3.63, 3.8) is 0 Å². The molecule has 0 saturated carbocycles. The smallest absolute Gasteiger partial charge is 0.258 e. The highest BCUT2D eigenvalue weighted by molar-refractivity contribution is 5.94. The molecule has 0 aliphatic rings. The van der Waals surface area contributed by atoms with Gasteiger partial charge >= 0.3 is 0 Å². The van der Waals surface area contributed by atoms with Gasteiger partial charge in [-0.05, 0) is 48.5 Å². The van der Waals surface area contributed by atoms with Gasteiger partial charge < -0.3 is 14.6 Å². The van der Waals surface area contributed by atoms with E-state index in [1.54, 1.807) is 49.5 Å². The molecule has 4 aromatic rings. The lowest BCUT2D eigenvalue weighted by Crippen LogP contribution is -2.28. The number of aromatic nitrogens is 2. The minimum atomic E-state index is -0.214. The third-order valence-electron chi connectivity index (χ3n) is 4.48. The van der Waals surface area contributed by atoms with Crippen LogP contribution < -0.4 is 10.3 Å². The molecule has 0 aliphatic heterocycles. The normalized spacial score (nSPS) is 10.7. The molecule has 0 unspecified atom stereocenters. The van der Waals surface area contributed by atoms with Crippen molar-refractivity contribution in [3.05, 3.63) is 101 Å². The third kappa shape index (κ3) is 4.16. The molecule has 1 aromatic heterocycles. The van der Waals surface area contributed by atoms with Crippen molar-refractivity contribution < 1.29 is 9.53 Å². The Morgan fingerprint density at radius 2 is 1.59 bits per heavy atom. The summed E-state index contributed by atoms with van der Waals surface area (Å²) in [4.78, 5) is 33.6. The Morgan fingerprint density at radius 1 is 0.931 bits per heavy atom. The van der Waals surface area contributed by atoms with E-state index in [2.05, 4.69) is 9.97 Å². The van der Waals surface area contributed by atoms with Crippen molar-refractivity contribution in [3.8, 4) is 11.5 Å². The van der Waals surface area contributed by atoms with Crippen LogP contribution in [-0.4, -0.2) is 27.8 Å². The lowest BCUT2D eigenvalue weighted by atomic mass is 10.2. The average Bonchev–Trinajstić information content (AvgIpc) is 2.74. The van der Waals surface area contributed by atoms with Gasteiger partial charge in [-0.3, -0.25) is 9.59 Å². The van der Waals surface area contributed by atoms with Crippen LogP contribution in [0.5, 0.6) is 11.5 Å². The number of carbonyl (C=O) groups is 1. The van der Waals surface area contributed by atoms with Gasteiger partial charge in [0.15, 0.2) is 0 Å². The van der Waals surface area contributed by atoms with E-state index in [4.69, 9.17) is 4.74 Å². The molecule has 0 saturated heterocycles. The zero-order valence-corrected chi connectivity index (χ0v) is 15.8. The Hall–Kier alpha value is -3.93. The predicted molar refractivity (Wildman–Crippen MR) is 111 cm³/mol. The van der Waals surface area contributed by atoms with Crippen LogP contribution in [0.4, 0.5) is 0 Å². The van der Waals surface area contributed by atoms with E-state index < -0.39 is 0 Å². The van der Waals surface area contributed by atoms with Gasteiger partial charge in [-0.15, -0.1) is 0 Å².